The van der Waals surface area contributed by atoms with Crippen LogP contribution in [0, 0.1) is 0 Å². The molecule has 1 aliphatic rings. The minimum absolute atomic E-state index is 0.185. The van der Waals surface area contributed by atoms with Crippen LogP contribution in [0.3, 0.4) is 0 Å². The number of nitrogens with one attached hydrogen (secondary N) is 1. The van der Waals surface area contributed by atoms with E-state index in [1.807, 2.05) is 0 Å². The van der Waals surface area contributed by atoms with Crippen LogP contribution in [0.15, 0.2) is 36.4 Å². The zero-order valence-corrected chi connectivity index (χ0v) is 9.40. The molecule has 0 saturated carbocycles. The van der Waals surface area contributed by atoms with Crippen LogP contribution in [-0.4, -0.2) is 12.7 Å². The first-order valence-corrected chi connectivity index (χ1v) is 5.72. The highest BCUT2D eigenvalue weighted by Gasteiger charge is 2.08. The molecule has 0 radical (unpaired) electrons. The molecule has 1 unspecified atom stereocenters. The quantitative estimate of drug-likeness (QED) is 0.807. The monoisotopic (exact) mass is 239 g/mol. The van der Waals surface area contributed by atoms with E-state index in [1.54, 1.807) is 24.3 Å². The summed E-state index contributed by atoms with van der Waals surface area (Å²) in [5.41, 5.74) is 0.920. The minimum Gasteiger partial charge on any atom is -0.435 e. The van der Waals surface area contributed by atoms with Gasteiger partial charge in [0, 0.05) is 11.7 Å². The Kier molecular flexibility index (Phi) is 3.96. The Hall–Kier alpha value is -1.58. The first-order chi connectivity index (χ1) is 8.24. The molecule has 2 rings (SSSR count). The number of allylic oxidation sites excluding steroid dienone is 1. The van der Waals surface area contributed by atoms with Crippen molar-refractivity contribution in [2.24, 2.45) is 0 Å². The molecule has 0 saturated heterocycles. The van der Waals surface area contributed by atoms with Crippen molar-refractivity contribution < 1.29 is 13.5 Å². The molecule has 1 aliphatic carbocycles. The third-order valence-corrected chi connectivity index (χ3v) is 2.69. The molecule has 2 nitrogen and oxygen atoms in total. The maximum Gasteiger partial charge on any atom is 0.387 e. The number of rotatable bonds is 4. The lowest BCUT2D eigenvalue weighted by molar-refractivity contribution is -0.0498. The second-order valence-corrected chi connectivity index (χ2v) is 4.01. The molecule has 1 atom stereocenters. The van der Waals surface area contributed by atoms with Crippen LogP contribution < -0.4 is 10.1 Å². The van der Waals surface area contributed by atoms with E-state index in [-0.39, 0.29) is 5.75 Å². The average Bonchev–Trinajstić information content (AvgIpc) is 2.32. The number of hydrogen-bond donors (Lipinski definition) is 1. The summed E-state index contributed by atoms with van der Waals surface area (Å²) in [5, 5.41) is 3.33. The average molecular weight is 239 g/mol. The van der Waals surface area contributed by atoms with Crippen LogP contribution in [0.2, 0.25) is 0 Å². The van der Waals surface area contributed by atoms with Gasteiger partial charge in [-0.05, 0) is 43.5 Å². The van der Waals surface area contributed by atoms with Crippen molar-refractivity contribution in [2.45, 2.75) is 31.9 Å². The topological polar surface area (TPSA) is 21.3 Å². The van der Waals surface area contributed by atoms with Crippen molar-refractivity contribution in [3.63, 3.8) is 0 Å². The number of halogens is 2. The summed E-state index contributed by atoms with van der Waals surface area (Å²) in [6.07, 6.45) is 7.73. The Morgan fingerprint density at radius 3 is 2.59 bits per heavy atom. The molecular formula is C13H15F2NO. The van der Waals surface area contributed by atoms with Gasteiger partial charge in [-0.3, -0.25) is 0 Å². The molecule has 1 N–H and O–H groups in total. The third-order valence-electron chi connectivity index (χ3n) is 2.69. The maximum atomic E-state index is 11.9. The highest BCUT2D eigenvalue weighted by atomic mass is 19.3. The van der Waals surface area contributed by atoms with Gasteiger partial charge in [0.1, 0.15) is 5.75 Å². The van der Waals surface area contributed by atoms with Crippen molar-refractivity contribution in [1.29, 1.82) is 0 Å². The second-order valence-electron chi connectivity index (χ2n) is 4.01. The third kappa shape index (κ3) is 3.73. The van der Waals surface area contributed by atoms with Crippen LogP contribution in [0.1, 0.15) is 19.3 Å². The molecule has 4 heteroatoms. The van der Waals surface area contributed by atoms with Gasteiger partial charge in [0.05, 0.1) is 0 Å². The molecule has 1 aromatic carbocycles. The zero-order chi connectivity index (χ0) is 12.1. The van der Waals surface area contributed by atoms with Gasteiger partial charge in [-0.25, -0.2) is 0 Å². The number of anilines is 1. The molecule has 0 spiro atoms. The maximum absolute atomic E-state index is 11.9. The molecule has 0 aliphatic heterocycles. The van der Waals surface area contributed by atoms with Gasteiger partial charge in [-0.1, -0.05) is 12.2 Å². The lowest BCUT2D eigenvalue weighted by Gasteiger charge is -2.19. The highest BCUT2D eigenvalue weighted by Crippen LogP contribution is 2.20. The first kappa shape index (κ1) is 11.9. The van der Waals surface area contributed by atoms with E-state index in [4.69, 9.17) is 0 Å². The Morgan fingerprint density at radius 1 is 1.24 bits per heavy atom. The largest absolute Gasteiger partial charge is 0.435 e. The molecule has 0 heterocycles. The van der Waals surface area contributed by atoms with Gasteiger partial charge in [0.2, 0.25) is 0 Å². The predicted molar refractivity (Wildman–Crippen MR) is 63.5 cm³/mol. The van der Waals surface area contributed by atoms with Crippen LogP contribution >= 0.6 is 0 Å². The van der Waals surface area contributed by atoms with E-state index >= 15 is 0 Å². The van der Waals surface area contributed by atoms with Gasteiger partial charge in [0.25, 0.3) is 0 Å². The molecule has 0 aromatic heterocycles. The molecular weight excluding hydrogens is 224 g/mol. The molecule has 0 amide bonds. The van der Waals surface area contributed by atoms with E-state index in [0.717, 1.165) is 18.5 Å². The summed E-state index contributed by atoms with van der Waals surface area (Å²) in [7, 11) is 0. The summed E-state index contributed by atoms with van der Waals surface area (Å²) >= 11 is 0. The molecule has 17 heavy (non-hydrogen) atoms. The van der Waals surface area contributed by atoms with Crippen LogP contribution in [0.4, 0.5) is 14.5 Å². The SMILES string of the molecule is FC(F)Oc1ccc(NC2C=CCCC2)cc1. The van der Waals surface area contributed by atoms with Crippen molar-refractivity contribution in [3.8, 4) is 5.75 Å². The number of benzene rings is 1. The van der Waals surface area contributed by atoms with Gasteiger partial charge < -0.3 is 10.1 Å². The number of ether oxygens (including phenoxy) is 1. The normalized spacial score (nSPS) is 19.4. The van der Waals surface area contributed by atoms with Crippen molar-refractivity contribution in [3.05, 3.63) is 36.4 Å². The van der Waals surface area contributed by atoms with Crippen molar-refractivity contribution >= 4 is 5.69 Å². The second kappa shape index (κ2) is 5.66. The van der Waals surface area contributed by atoms with E-state index in [9.17, 15) is 8.78 Å². The molecule has 92 valence electrons. The Bertz CT molecular complexity index is 376. The predicted octanol–water partition coefficient (Wildman–Crippen LogP) is 3.81. The Labute approximate surface area is 99.3 Å². The smallest absolute Gasteiger partial charge is 0.387 e. The fourth-order valence-corrected chi connectivity index (χ4v) is 1.88. The lowest BCUT2D eigenvalue weighted by atomic mass is 10.0. The van der Waals surface area contributed by atoms with Gasteiger partial charge in [-0.2, -0.15) is 8.78 Å². The Balaban J connectivity index is 1.93. The Morgan fingerprint density at radius 2 is 2.00 bits per heavy atom. The molecule has 1 aromatic rings. The van der Waals surface area contributed by atoms with E-state index in [0.29, 0.717) is 6.04 Å². The van der Waals surface area contributed by atoms with E-state index < -0.39 is 6.61 Å². The summed E-state index contributed by atoms with van der Waals surface area (Å²) in [4.78, 5) is 0. The standard InChI is InChI=1S/C13H15F2NO/c14-13(15)17-12-8-6-11(7-9-12)16-10-4-2-1-3-5-10/h2,4,6-10,13,16H,1,3,5H2. The molecule has 0 fully saturated rings. The summed E-state index contributed by atoms with van der Waals surface area (Å²) in [6.45, 7) is -2.77. The van der Waals surface area contributed by atoms with Crippen molar-refractivity contribution in [1.82, 2.24) is 0 Å². The summed E-state index contributed by atoms with van der Waals surface area (Å²) in [6, 6.07) is 6.92. The van der Waals surface area contributed by atoms with Crippen LogP contribution in [0.5, 0.6) is 5.75 Å². The van der Waals surface area contributed by atoms with Crippen LogP contribution in [-0.2, 0) is 0 Å². The fraction of sp³-hybridized carbons (Fsp3) is 0.385. The van der Waals surface area contributed by atoms with Crippen molar-refractivity contribution in [2.75, 3.05) is 5.32 Å². The van der Waals surface area contributed by atoms with Gasteiger partial charge in [0.15, 0.2) is 0 Å². The van der Waals surface area contributed by atoms with Gasteiger partial charge in [-0.15, -0.1) is 0 Å². The van der Waals surface area contributed by atoms with Crippen LogP contribution in [0.25, 0.3) is 0 Å². The van der Waals surface area contributed by atoms with Gasteiger partial charge >= 0.3 is 6.61 Å². The van der Waals surface area contributed by atoms with E-state index in [2.05, 4.69) is 22.2 Å². The lowest BCUT2D eigenvalue weighted by Crippen LogP contribution is -2.18. The number of hydrogen-bond acceptors (Lipinski definition) is 2. The minimum atomic E-state index is -2.77. The van der Waals surface area contributed by atoms with E-state index in [1.165, 1.54) is 6.42 Å². The summed E-state index contributed by atoms with van der Waals surface area (Å²) < 4.78 is 28.2. The highest BCUT2D eigenvalue weighted by molar-refractivity contribution is 5.47. The number of alkyl halides is 2. The zero-order valence-electron chi connectivity index (χ0n) is 9.40. The molecule has 0 bridgehead atoms. The fourth-order valence-electron chi connectivity index (χ4n) is 1.88. The summed E-state index contributed by atoms with van der Waals surface area (Å²) in [5.74, 6) is 0.185. The first-order valence-electron chi connectivity index (χ1n) is 5.72.